The molecule has 3 N–H and O–H groups in total. The summed E-state index contributed by atoms with van der Waals surface area (Å²) in [4.78, 5) is 12.5. The van der Waals surface area contributed by atoms with Crippen LogP contribution in [0.5, 0.6) is 0 Å². The van der Waals surface area contributed by atoms with Crippen LogP contribution in [-0.4, -0.2) is 5.91 Å². The fourth-order valence-electron chi connectivity index (χ4n) is 1.41. The van der Waals surface area contributed by atoms with Gasteiger partial charge in [0.05, 0.1) is 17.6 Å². The second kappa shape index (κ2) is 5.95. The van der Waals surface area contributed by atoms with Crippen molar-refractivity contribution < 1.29 is 9.21 Å². The first-order valence-electron chi connectivity index (χ1n) is 5.16. The summed E-state index contributed by atoms with van der Waals surface area (Å²) in [7, 11) is 0. The van der Waals surface area contributed by atoms with Crippen LogP contribution in [0.25, 0.3) is 0 Å². The standard InChI is InChI=1S/C12H11ClN2O2S/c13-8-1-3-9(4-2-8)18-7-11-10(5-6-17-11)12(16)15-14/h1-6H,7,14H2,(H,15,16). The van der Waals surface area contributed by atoms with Crippen molar-refractivity contribution in [1.29, 1.82) is 0 Å². The number of thioether (sulfide) groups is 1. The monoisotopic (exact) mass is 282 g/mol. The Bertz CT molecular complexity index is 539. The molecule has 1 aromatic heterocycles. The van der Waals surface area contributed by atoms with Gasteiger partial charge in [0.2, 0.25) is 0 Å². The molecule has 2 aromatic rings. The van der Waals surface area contributed by atoms with Gasteiger partial charge in [0.25, 0.3) is 5.91 Å². The number of rotatable bonds is 4. The van der Waals surface area contributed by atoms with Crippen LogP contribution in [0.3, 0.4) is 0 Å². The molecule has 0 atom stereocenters. The Morgan fingerprint density at radius 3 is 2.72 bits per heavy atom. The first-order chi connectivity index (χ1) is 8.70. The average Bonchev–Trinajstić information content (AvgIpc) is 2.85. The van der Waals surface area contributed by atoms with Gasteiger partial charge < -0.3 is 4.42 Å². The Labute approximate surface area is 113 Å². The highest BCUT2D eigenvalue weighted by Gasteiger charge is 2.13. The van der Waals surface area contributed by atoms with E-state index in [1.165, 1.54) is 6.26 Å². The van der Waals surface area contributed by atoms with Crippen molar-refractivity contribution in [2.75, 3.05) is 0 Å². The second-order valence-corrected chi connectivity index (χ2v) is 4.96. The molecule has 0 bridgehead atoms. The van der Waals surface area contributed by atoms with Crippen LogP contribution in [0.15, 0.2) is 45.9 Å². The third kappa shape index (κ3) is 3.07. The van der Waals surface area contributed by atoms with Gasteiger partial charge in [-0.3, -0.25) is 10.2 Å². The lowest BCUT2D eigenvalue weighted by molar-refractivity contribution is 0.0952. The van der Waals surface area contributed by atoms with Crippen LogP contribution in [0.2, 0.25) is 5.02 Å². The Kier molecular flexibility index (Phi) is 4.30. The highest BCUT2D eigenvalue weighted by atomic mass is 35.5. The zero-order valence-corrected chi connectivity index (χ0v) is 10.9. The molecule has 0 unspecified atom stereocenters. The van der Waals surface area contributed by atoms with Gasteiger partial charge in [0.1, 0.15) is 5.76 Å². The van der Waals surface area contributed by atoms with Gasteiger partial charge in [-0.1, -0.05) is 11.6 Å². The fourth-order valence-corrected chi connectivity index (χ4v) is 2.39. The Morgan fingerprint density at radius 1 is 1.33 bits per heavy atom. The number of nitrogens with two attached hydrogens (primary N) is 1. The second-order valence-electron chi connectivity index (χ2n) is 3.47. The highest BCUT2D eigenvalue weighted by molar-refractivity contribution is 7.98. The number of carbonyl (C=O) groups excluding carboxylic acids is 1. The lowest BCUT2D eigenvalue weighted by atomic mass is 10.2. The quantitative estimate of drug-likeness (QED) is 0.392. The maximum absolute atomic E-state index is 11.4. The van der Waals surface area contributed by atoms with Gasteiger partial charge in [-0.05, 0) is 30.3 Å². The molecule has 0 fully saturated rings. The minimum Gasteiger partial charge on any atom is -0.468 e. The summed E-state index contributed by atoms with van der Waals surface area (Å²) >= 11 is 7.36. The molecule has 2 rings (SSSR count). The summed E-state index contributed by atoms with van der Waals surface area (Å²) in [6.07, 6.45) is 1.47. The van der Waals surface area contributed by atoms with Gasteiger partial charge in [0.15, 0.2) is 0 Å². The predicted octanol–water partition coefficient (Wildman–Crippen LogP) is 2.83. The summed E-state index contributed by atoms with van der Waals surface area (Å²) in [5.41, 5.74) is 2.55. The number of carbonyl (C=O) groups is 1. The van der Waals surface area contributed by atoms with E-state index in [4.69, 9.17) is 21.9 Å². The number of halogens is 1. The van der Waals surface area contributed by atoms with E-state index in [1.807, 2.05) is 24.3 Å². The smallest absolute Gasteiger partial charge is 0.268 e. The third-order valence-electron chi connectivity index (χ3n) is 2.30. The maximum Gasteiger partial charge on any atom is 0.268 e. The van der Waals surface area contributed by atoms with Gasteiger partial charge >= 0.3 is 0 Å². The molecule has 4 nitrogen and oxygen atoms in total. The number of nitrogen functional groups attached to an aromatic ring is 1. The van der Waals surface area contributed by atoms with E-state index in [9.17, 15) is 4.79 Å². The minimum atomic E-state index is -0.351. The van der Waals surface area contributed by atoms with Crippen molar-refractivity contribution in [3.8, 4) is 0 Å². The summed E-state index contributed by atoms with van der Waals surface area (Å²) in [6, 6.07) is 9.07. The van der Waals surface area contributed by atoms with E-state index in [2.05, 4.69) is 5.43 Å². The third-order valence-corrected chi connectivity index (χ3v) is 3.57. The van der Waals surface area contributed by atoms with Gasteiger partial charge in [-0.25, -0.2) is 5.84 Å². The first-order valence-corrected chi connectivity index (χ1v) is 6.52. The van der Waals surface area contributed by atoms with Crippen molar-refractivity contribution >= 4 is 29.3 Å². The van der Waals surface area contributed by atoms with Crippen molar-refractivity contribution in [2.24, 2.45) is 5.84 Å². The van der Waals surface area contributed by atoms with E-state index >= 15 is 0 Å². The molecule has 6 heteroatoms. The van der Waals surface area contributed by atoms with Crippen LogP contribution >= 0.6 is 23.4 Å². The van der Waals surface area contributed by atoms with Crippen molar-refractivity contribution in [2.45, 2.75) is 10.6 Å². The number of furan rings is 1. The molecule has 1 heterocycles. The normalized spacial score (nSPS) is 10.3. The molecule has 0 aliphatic carbocycles. The zero-order chi connectivity index (χ0) is 13.0. The molecule has 1 aromatic carbocycles. The molecule has 0 spiro atoms. The lowest BCUT2D eigenvalue weighted by Gasteiger charge is -2.02. The molecule has 18 heavy (non-hydrogen) atoms. The first kappa shape index (κ1) is 13.0. The number of hydrazine groups is 1. The number of amides is 1. The van der Waals surface area contributed by atoms with Crippen molar-refractivity contribution in [3.05, 3.63) is 52.9 Å². The Hall–Kier alpha value is -1.43. The summed E-state index contributed by atoms with van der Waals surface area (Å²) in [5.74, 6) is 5.89. The number of hydrogen-bond acceptors (Lipinski definition) is 4. The van der Waals surface area contributed by atoms with Crippen LogP contribution in [0, 0.1) is 0 Å². The molecule has 0 saturated carbocycles. The summed E-state index contributed by atoms with van der Waals surface area (Å²) in [5, 5.41) is 0.695. The average molecular weight is 283 g/mol. The zero-order valence-electron chi connectivity index (χ0n) is 9.35. The number of nitrogens with one attached hydrogen (secondary N) is 1. The molecule has 0 aliphatic rings. The van der Waals surface area contributed by atoms with E-state index in [0.29, 0.717) is 22.1 Å². The number of benzene rings is 1. The van der Waals surface area contributed by atoms with Gasteiger partial charge in [-0.2, -0.15) is 0 Å². The van der Waals surface area contributed by atoms with Gasteiger partial charge in [0, 0.05) is 9.92 Å². The summed E-state index contributed by atoms with van der Waals surface area (Å²) in [6.45, 7) is 0. The summed E-state index contributed by atoms with van der Waals surface area (Å²) < 4.78 is 5.27. The molecule has 94 valence electrons. The Balaban J connectivity index is 2.04. The SMILES string of the molecule is NNC(=O)c1ccoc1CSc1ccc(Cl)cc1. The van der Waals surface area contributed by atoms with Crippen LogP contribution in [-0.2, 0) is 5.75 Å². The Morgan fingerprint density at radius 2 is 2.06 bits per heavy atom. The van der Waals surface area contributed by atoms with Gasteiger partial charge in [-0.15, -0.1) is 11.8 Å². The minimum absolute atomic E-state index is 0.351. The topological polar surface area (TPSA) is 68.3 Å². The van der Waals surface area contributed by atoms with Crippen LogP contribution < -0.4 is 11.3 Å². The van der Waals surface area contributed by atoms with E-state index in [0.717, 1.165) is 4.90 Å². The fraction of sp³-hybridized carbons (Fsp3) is 0.0833. The molecule has 0 radical (unpaired) electrons. The molecular formula is C12H11ClN2O2S. The largest absolute Gasteiger partial charge is 0.468 e. The van der Waals surface area contributed by atoms with Crippen LogP contribution in [0.1, 0.15) is 16.1 Å². The number of hydrogen-bond donors (Lipinski definition) is 2. The molecular weight excluding hydrogens is 272 g/mol. The van der Waals surface area contributed by atoms with Crippen LogP contribution in [0.4, 0.5) is 0 Å². The molecule has 0 saturated heterocycles. The molecule has 0 aliphatic heterocycles. The van der Waals surface area contributed by atoms with Crippen molar-refractivity contribution in [1.82, 2.24) is 5.43 Å². The molecule has 1 amide bonds. The lowest BCUT2D eigenvalue weighted by Crippen LogP contribution is -2.30. The van der Waals surface area contributed by atoms with E-state index in [1.54, 1.807) is 17.8 Å². The maximum atomic E-state index is 11.4. The van der Waals surface area contributed by atoms with Crippen molar-refractivity contribution in [3.63, 3.8) is 0 Å². The van der Waals surface area contributed by atoms with E-state index < -0.39 is 0 Å². The highest BCUT2D eigenvalue weighted by Crippen LogP contribution is 2.26. The van der Waals surface area contributed by atoms with E-state index in [-0.39, 0.29) is 5.91 Å². The predicted molar refractivity (Wildman–Crippen MR) is 71.4 cm³/mol.